The van der Waals surface area contributed by atoms with Crippen LogP contribution in [0.3, 0.4) is 0 Å². The molecule has 0 aliphatic heterocycles. The van der Waals surface area contributed by atoms with Crippen molar-refractivity contribution in [1.82, 2.24) is 0 Å². The van der Waals surface area contributed by atoms with Crippen LogP contribution in [0, 0.1) is 13.8 Å². The summed E-state index contributed by atoms with van der Waals surface area (Å²) in [5.41, 5.74) is 2.07. The van der Waals surface area contributed by atoms with Crippen LogP contribution in [-0.2, 0) is 6.42 Å². The Morgan fingerprint density at radius 1 is 1.47 bits per heavy atom. The molecule has 1 N–H and O–H groups in total. The maximum atomic E-state index is 10.1. The van der Waals surface area contributed by atoms with Crippen molar-refractivity contribution in [2.75, 3.05) is 0 Å². The SMILES string of the molecule is Cc1cc(C(O)Cc2ccoc2)c(C)s1. The average molecular weight is 222 g/mol. The van der Waals surface area contributed by atoms with Crippen LogP contribution in [0.4, 0.5) is 0 Å². The van der Waals surface area contributed by atoms with E-state index in [0.29, 0.717) is 6.42 Å². The van der Waals surface area contributed by atoms with Crippen molar-refractivity contribution in [3.05, 3.63) is 45.5 Å². The zero-order valence-electron chi connectivity index (χ0n) is 8.86. The van der Waals surface area contributed by atoms with E-state index in [1.807, 2.05) is 13.0 Å². The summed E-state index contributed by atoms with van der Waals surface area (Å²) in [5, 5.41) is 10.1. The zero-order chi connectivity index (χ0) is 10.8. The fourth-order valence-electron chi connectivity index (χ4n) is 1.72. The first-order valence-corrected chi connectivity index (χ1v) is 5.74. The Morgan fingerprint density at radius 2 is 2.27 bits per heavy atom. The minimum absolute atomic E-state index is 0.424. The van der Waals surface area contributed by atoms with Crippen LogP contribution < -0.4 is 0 Å². The van der Waals surface area contributed by atoms with Crippen molar-refractivity contribution >= 4 is 11.3 Å². The minimum Gasteiger partial charge on any atom is -0.472 e. The standard InChI is InChI=1S/C12H14O2S/c1-8-5-11(9(2)15-8)12(13)6-10-3-4-14-7-10/h3-5,7,12-13H,6H2,1-2H3. The molecule has 2 rings (SSSR count). The lowest BCUT2D eigenvalue weighted by atomic mass is 10.0. The van der Waals surface area contributed by atoms with Crippen LogP contribution in [0.25, 0.3) is 0 Å². The zero-order valence-corrected chi connectivity index (χ0v) is 9.67. The van der Waals surface area contributed by atoms with Gasteiger partial charge in [0.15, 0.2) is 0 Å². The number of thiophene rings is 1. The van der Waals surface area contributed by atoms with Crippen LogP contribution in [0.15, 0.2) is 29.1 Å². The van der Waals surface area contributed by atoms with Crippen molar-refractivity contribution in [3.8, 4) is 0 Å². The molecule has 0 aliphatic rings. The predicted octanol–water partition coefficient (Wildman–Crippen LogP) is 3.23. The molecule has 1 atom stereocenters. The van der Waals surface area contributed by atoms with Gasteiger partial charge in [-0.2, -0.15) is 0 Å². The van der Waals surface area contributed by atoms with Gasteiger partial charge in [0.25, 0.3) is 0 Å². The van der Waals surface area contributed by atoms with Gasteiger partial charge < -0.3 is 9.52 Å². The molecule has 0 bridgehead atoms. The second-order valence-corrected chi connectivity index (χ2v) is 5.18. The molecule has 0 saturated carbocycles. The molecule has 0 radical (unpaired) electrons. The summed E-state index contributed by atoms with van der Waals surface area (Å²) in [5.74, 6) is 0. The minimum atomic E-state index is -0.424. The molecule has 0 aromatic carbocycles. The normalized spacial score (nSPS) is 13.0. The largest absolute Gasteiger partial charge is 0.472 e. The Bertz CT molecular complexity index is 428. The maximum Gasteiger partial charge on any atom is 0.0935 e. The number of aliphatic hydroxyl groups excluding tert-OH is 1. The van der Waals surface area contributed by atoms with Gasteiger partial charge in [-0.3, -0.25) is 0 Å². The smallest absolute Gasteiger partial charge is 0.0935 e. The Balaban J connectivity index is 2.14. The number of aryl methyl sites for hydroxylation is 2. The van der Waals surface area contributed by atoms with Crippen LogP contribution in [0.5, 0.6) is 0 Å². The lowest BCUT2D eigenvalue weighted by Gasteiger charge is -2.08. The molecule has 2 nitrogen and oxygen atoms in total. The Kier molecular flexibility index (Phi) is 2.93. The number of rotatable bonds is 3. The second kappa shape index (κ2) is 4.21. The molecule has 15 heavy (non-hydrogen) atoms. The first-order valence-electron chi connectivity index (χ1n) is 4.93. The molecular formula is C12H14O2S. The Labute approximate surface area is 93.2 Å². The van der Waals surface area contributed by atoms with Crippen LogP contribution in [-0.4, -0.2) is 5.11 Å². The molecule has 0 fully saturated rings. The van der Waals surface area contributed by atoms with E-state index in [4.69, 9.17) is 4.42 Å². The van der Waals surface area contributed by atoms with Crippen molar-refractivity contribution in [1.29, 1.82) is 0 Å². The molecule has 1 unspecified atom stereocenters. The maximum absolute atomic E-state index is 10.1. The summed E-state index contributed by atoms with van der Waals surface area (Å²) >= 11 is 1.73. The monoisotopic (exact) mass is 222 g/mol. The summed E-state index contributed by atoms with van der Waals surface area (Å²) in [7, 11) is 0. The van der Waals surface area contributed by atoms with E-state index in [1.165, 1.54) is 9.75 Å². The van der Waals surface area contributed by atoms with Gasteiger partial charge in [0.2, 0.25) is 0 Å². The van der Waals surface area contributed by atoms with E-state index in [1.54, 1.807) is 23.9 Å². The molecule has 3 heteroatoms. The van der Waals surface area contributed by atoms with Crippen molar-refractivity contribution < 1.29 is 9.52 Å². The molecule has 0 saturated heterocycles. The van der Waals surface area contributed by atoms with E-state index in [-0.39, 0.29) is 0 Å². The van der Waals surface area contributed by atoms with Crippen LogP contribution in [0.1, 0.15) is 27.0 Å². The second-order valence-electron chi connectivity index (χ2n) is 3.72. The van der Waals surface area contributed by atoms with Gasteiger partial charge in [-0.05, 0) is 37.1 Å². The van der Waals surface area contributed by atoms with E-state index in [2.05, 4.69) is 13.0 Å². The van der Waals surface area contributed by atoms with Crippen molar-refractivity contribution in [2.24, 2.45) is 0 Å². The molecular weight excluding hydrogens is 208 g/mol. The van der Waals surface area contributed by atoms with Gasteiger partial charge in [0, 0.05) is 16.2 Å². The summed E-state index contributed by atoms with van der Waals surface area (Å²) in [6, 6.07) is 3.95. The Hall–Kier alpha value is -1.06. The van der Waals surface area contributed by atoms with Gasteiger partial charge in [-0.1, -0.05) is 0 Å². The number of furan rings is 1. The highest BCUT2D eigenvalue weighted by Crippen LogP contribution is 2.28. The number of hydrogen-bond donors (Lipinski definition) is 1. The number of hydrogen-bond acceptors (Lipinski definition) is 3. The van der Waals surface area contributed by atoms with E-state index < -0.39 is 6.10 Å². The first-order chi connectivity index (χ1) is 7.16. The lowest BCUT2D eigenvalue weighted by molar-refractivity contribution is 0.178. The van der Waals surface area contributed by atoms with Gasteiger partial charge in [0.1, 0.15) is 0 Å². The fourth-order valence-corrected chi connectivity index (χ4v) is 2.70. The van der Waals surface area contributed by atoms with E-state index in [9.17, 15) is 5.11 Å². The van der Waals surface area contributed by atoms with Gasteiger partial charge >= 0.3 is 0 Å². The van der Waals surface area contributed by atoms with Crippen LogP contribution in [0.2, 0.25) is 0 Å². The summed E-state index contributed by atoms with van der Waals surface area (Å²) in [6.07, 6.45) is 3.51. The molecule has 0 spiro atoms. The van der Waals surface area contributed by atoms with Crippen LogP contribution >= 0.6 is 11.3 Å². The molecule has 2 heterocycles. The molecule has 2 aromatic heterocycles. The third-order valence-electron chi connectivity index (χ3n) is 2.45. The third kappa shape index (κ3) is 2.30. The highest BCUT2D eigenvalue weighted by Gasteiger charge is 2.13. The third-order valence-corrected chi connectivity index (χ3v) is 3.43. The first kappa shape index (κ1) is 10.5. The quantitative estimate of drug-likeness (QED) is 0.865. The summed E-state index contributed by atoms with van der Waals surface area (Å²) in [4.78, 5) is 2.44. The van der Waals surface area contributed by atoms with Crippen molar-refractivity contribution in [3.63, 3.8) is 0 Å². The number of aliphatic hydroxyl groups is 1. The molecule has 2 aromatic rings. The average Bonchev–Trinajstić information content (AvgIpc) is 2.75. The molecule has 0 aliphatic carbocycles. The van der Waals surface area contributed by atoms with Crippen molar-refractivity contribution in [2.45, 2.75) is 26.4 Å². The highest BCUT2D eigenvalue weighted by molar-refractivity contribution is 7.12. The van der Waals surface area contributed by atoms with E-state index >= 15 is 0 Å². The topological polar surface area (TPSA) is 33.4 Å². The van der Waals surface area contributed by atoms with Gasteiger partial charge in [-0.25, -0.2) is 0 Å². The Morgan fingerprint density at radius 3 is 2.80 bits per heavy atom. The van der Waals surface area contributed by atoms with Gasteiger partial charge in [-0.15, -0.1) is 11.3 Å². The fraction of sp³-hybridized carbons (Fsp3) is 0.333. The lowest BCUT2D eigenvalue weighted by Crippen LogP contribution is -2.00. The highest BCUT2D eigenvalue weighted by atomic mass is 32.1. The van der Waals surface area contributed by atoms with E-state index in [0.717, 1.165) is 11.1 Å². The molecule has 0 amide bonds. The summed E-state index contributed by atoms with van der Waals surface area (Å²) < 4.78 is 4.98. The van der Waals surface area contributed by atoms with Gasteiger partial charge in [0.05, 0.1) is 18.6 Å². The summed E-state index contributed by atoms with van der Waals surface area (Å²) in [6.45, 7) is 4.11. The predicted molar refractivity (Wildman–Crippen MR) is 61.2 cm³/mol. The molecule has 80 valence electrons.